The fourth-order valence-corrected chi connectivity index (χ4v) is 5.91. The van der Waals surface area contributed by atoms with E-state index in [1.165, 1.54) is 4.90 Å². The topological polar surface area (TPSA) is 82.6 Å². The highest BCUT2D eigenvalue weighted by Gasteiger charge is 2.57. The van der Waals surface area contributed by atoms with E-state index in [0.717, 1.165) is 17.7 Å². The summed E-state index contributed by atoms with van der Waals surface area (Å²) in [5, 5.41) is 5.07. The summed E-state index contributed by atoms with van der Waals surface area (Å²) in [4.78, 5) is 48.4. The van der Waals surface area contributed by atoms with Gasteiger partial charge in [0, 0.05) is 48.4 Å². The molecule has 8 heteroatoms. The first-order valence-corrected chi connectivity index (χ1v) is 12.7. The summed E-state index contributed by atoms with van der Waals surface area (Å²) in [6.07, 6.45) is 6.98. The number of hydrogen-bond acceptors (Lipinski definition) is 5. The predicted octanol–water partition coefficient (Wildman–Crippen LogP) is 3.81. The molecule has 0 radical (unpaired) electrons. The van der Waals surface area contributed by atoms with Crippen molar-refractivity contribution in [2.24, 2.45) is 11.8 Å². The van der Waals surface area contributed by atoms with Gasteiger partial charge in [-0.2, -0.15) is 0 Å². The first kappa shape index (κ1) is 23.4. The van der Waals surface area contributed by atoms with Gasteiger partial charge in [-0.25, -0.2) is 4.79 Å². The van der Waals surface area contributed by atoms with E-state index in [9.17, 15) is 14.4 Å². The highest BCUT2D eigenvalue weighted by Crippen LogP contribution is 2.41. The number of likely N-dealkylation sites (tertiary alicyclic amines) is 1. The number of aromatic nitrogens is 1. The molecule has 2 aromatic heterocycles. The third-order valence-corrected chi connectivity index (χ3v) is 8.10. The highest BCUT2D eigenvalue weighted by molar-refractivity contribution is 7.09. The molecule has 1 atom stereocenters. The zero-order valence-corrected chi connectivity index (χ0v) is 20.1. The Morgan fingerprint density at radius 3 is 2.58 bits per heavy atom. The maximum Gasteiger partial charge on any atom is 0.325 e. The van der Waals surface area contributed by atoms with Crippen molar-refractivity contribution in [3.05, 3.63) is 52.5 Å². The van der Waals surface area contributed by atoms with Gasteiger partial charge in [0.1, 0.15) is 0 Å². The number of nitrogens with one attached hydrogen (secondary N) is 1. The Balaban J connectivity index is 1.56. The number of thiophene rings is 1. The van der Waals surface area contributed by atoms with Gasteiger partial charge in [-0.05, 0) is 55.5 Å². The molecule has 0 spiro atoms. The van der Waals surface area contributed by atoms with Crippen molar-refractivity contribution < 1.29 is 14.4 Å². The molecule has 0 aromatic carbocycles. The molecular formula is C25H32N4O3S. The summed E-state index contributed by atoms with van der Waals surface area (Å²) in [6, 6.07) is 7.31. The number of imide groups is 1. The molecular weight excluding hydrogens is 436 g/mol. The molecule has 4 rings (SSSR count). The number of carbonyl (C=O) groups excluding carboxylic acids is 3. The molecule has 7 nitrogen and oxygen atoms in total. The molecule has 0 saturated carbocycles. The minimum absolute atomic E-state index is 0.0504. The van der Waals surface area contributed by atoms with Gasteiger partial charge in [0.15, 0.2) is 5.54 Å². The number of hydrogen-bond donors (Lipinski definition) is 1. The number of urea groups is 1. The van der Waals surface area contributed by atoms with Crippen molar-refractivity contribution in [1.29, 1.82) is 0 Å². The molecule has 1 N–H and O–H groups in total. The van der Waals surface area contributed by atoms with Crippen molar-refractivity contribution in [3.63, 3.8) is 0 Å². The molecule has 2 fully saturated rings. The average Bonchev–Trinajstić information content (AvgIpc) is 3.45. The molecule has 0 unspecified atom stereocenters. The Labute approximate surface area is 199 Å². The first-order chi connectivity index (χ1) is 16.0. The van der Waals surface area contributed by atoms with Crippen LogP contribution >= 0.6 is 11.3 Å². The third-order valence-electron chi connectivity index (χ3n) is 7.16. The lowest BCUT2D eigenvalue weighted by Crippen LogP contribution is -2.54. The maximum atomic E-state index is 13.9. The zero-order chi connectivity index (χ0) is 23.4. The third kappa shape index (κ3) is 4.40. The largest absolute Gasteiger partial charge is 0.342 e. The van der Waals surface area contributed by atoms with Gasteiger partial charge in [-0.3, -0.25) is 19.5 Å². The van der Waals surface area contributed by atoms with Gasteiger partial charge in [0.25, 0.3) is 5.91 Å². The molecule has 4 amide bonds. The van der Waals surface area contributed by atoms with E-state index in [0.29, 0.717) is 44.5 Å². The Hall–Kier alpha value is -2.74. The van der Waals surface area contributed by atoms with Crippen LogP contribution < -0.4 is 5.32 Å². The van der Waals surface area contributed by atoms with Crippen molar-refractivity contribution in [3.8, 4) is 0 Å². The van der Waals surface area contributed by atoms with E-state index < -0.39 is 5.54 Å². The standard InChI is InChI=1S/C25H32N4O3S/c1-3-18(4-2)22(30)28-13-9-19(10-14-28)25(20-7-5-12-26-17-20)23(31)29(24(32)27-25)15-11-21-8-6-16-33-21/h5-8,12,16-19H,3-4,9-11,13-15H2,1-2H3,(H,27,32)/t25-/m0/s1. The normalized spacial score (nSPS) is 21.7. The smallest absolute Gasteiger partial charge is 0.325 e. The van der Waals surface area contributed by atoms with Crippen LogP contribution in [-0.4, -0.2) is 52.3 Å². The summed E-state index contributed by atoms with van der Waals surface area (Å²) in [6.45, 7) is 5.64. The van der Waals surface area contributed by atoms with Gasteiger partial charge in [-0.1, -0.05) is 26.0 Å². The second-order valence-electron chi connectivity index (χ2n) is 8.88. The Kier molecular flexibility index (Phi) is 7.12. The van der Waals surface area contributed by atoms with Crippen LogP contribution in [0.25, 0.3) is 0 Å². The van der Waals surface area contributed by atoms with Crippen LogP contribution in [-0.2, 0) is 21.5 Å². The number of pyridine rings is 1. The van der Waals surface area contributed by atoms with Gasteiger partial charge >= 0.3 is 6.03 Å². The monoisotopic (exact) mass is 468 g/mol. The second-order valence-corrected chi connectivity index (χ2v) is 9.91. The van der Waals surface area contributed by atoms with Crippen molar-refractivity contribution >= 4 is 29.2 Å². The van der Waals surface area contributed by atoms with Crippen LogP contribution in [0.5, 0.6) is 0 Å². The number of nitrogens with zero attached hydrogens (tertiary/aromatic N) is 3. The fourth-order valence-electron chi connectivity index (χ4n) is 5.21. The Bertz CT molecular complexity index is 969. The lowest BCUT2D eigenvalue weighted by atomic mass is 9.73. The van der Waals surface area contributed by atoms with Gasteiger partial charge in [0.05, 0.1) is 0 Å². The summed E-state index contributed by atoms with van der Waals surface area (Å²) < 4.78 is 0. The van der Waals surface area contributed by atoms with Gasteiger partial charge < -0.3 is 10.2 Å². The van der Waals surface area contributed by atoms with Crippen molar-refractivity contribution in [2.75, 3.05) is 19.6 Å². The van der Waals surface area contributed by atoms with E-state index in [-0.39, 0.29) is 29.7 Å². The van der Waals surface area contributed by atoms with Crippen molar-refractivity contribution in [2.45, 2.75) is 51.5 Å². The molecule has 0 aliphatic carbocycles. The molecule has 2 aliphatic heterocycles. The van der Waals surface area contributed by atoms with E-state index in [1.54, 1.807) is 29.8 Å². The lowest BCUT2D eigenvalue weighted by Gasteiger charge is -2.41. The molecule has 33 heavy (non-hydrogen) atoms. The van der Waals surface area contributed by atoms with Crippen LogP contribution in [0, 0.1) is 11.8 Å². The average molecular weight is 469 g/mol. The molecule has 176 valence electrons. The second kappa shape index (κ2) is 10.0. The molecule has 2 aromatic rings. The first-order valence-electron chi connectivity index (χ1n) is 11.9. The minimum atomic E-state index is -1.13. The summed E-state index contributed by atoms with van der Waals surface area (Å²) in [7, 11) is 0. The van der Waals surface area contributed by atoms with Crippen LogP contribution in [0.4, 0.5) is 4.79 Å². The summed E-state index contributed by atoms with van der Waals surface area (Å²) >= 11 is 1.62. The van der Waals surface area contributed by atoms with Crippen LogP contribution in [0.15, 0.2) is 42.0 Å². The number of carbonyl (C=O) groups is 3. The quantitative estimate of drug-likeness (QED) is 0.598. The number of rotatable bonds is 8. The van der Waals surface area contributed by atoms with E-state index in [4.69, 9.17) is 0 Å². The van der Waals surface area contributed by atoms with Crippen molar-refractivity contribution in [1.82, 2.24) is 20.1 Å². The van der Waals surface area contributed by atoms with Gasteiger partial charge in [-0.15, -0.1) is 11.3 Å². The van der Waals surface area contributed by atoms with Crippen LogP contribution in [0.3, 0.4) is 0 Å². The minimum Gasteiger partial charge on any atom is -0.342 e. The van der Waals surface area contributed by atoms with Crippen LogP contribution in [0.2, 0.25) is 0 Å². The Morgan fingerprint density at radius 1 is 1.21 bits per heavy atom. The lowest BCUT2D eigenvalue weighted by molar-refractivity contribution is -0.139. The summed E-state index contributed by atoms with van der Waals surface area (Å²) in [5.41, 5.74) is -0.420. The SMILES string of the molecule is CCC(CC)C(=O)N1CCC([C@@]2(c3cccnc3)NC(=O)N(CCc3cccs3)C2=O)CC1. The fraction of sp³-hybridized carbons (Fsp3) is 0.520. The predicted molar refractivity (Wildman–Crippen MR) is 128 cm³/mol. The molecule has 0 bridgehead atoms. The van der Waals surface area contributed by atoms with E-state index in [2.05, 4.69) is 10.3 Å². The zero-order valence-electron chi connectivity index (χ0n) is 19.3. The van der Waals surface area contributed by atoms with Gasteiger partial charge in [0.2, 0.25) is 5.91 Å². The van der Waals surface area contributed by atoms with Crippen LogP contribution in [0.1, 0.15) is 50.0 Å². The molecule has 4 heterocycles. The van der Waals surface area contributed by atoms with E-state index in [1.807, 2.05) is 42.3 Å². The number of piperidine rings is 1. The van der Waals surface area contributed by atoms with E-state index >= 15 is 0 Å². The highest BCUT2D eigenvalue weighted by atomic mass is 32.1. The maximum absolute atomic E-state index is 13.9. The molecule has 2 aliphatic rings. The number of amides is 4. The molecule has 2 saturated heterocycles. The summed E-state index contributed by atoms with van der Waals surface area (Å²) in [5.74, 6) is -0.0555. The Morgan fingerprint density at radius 2 is 1.97 bits per heavy atom.